The summed E-state index contributed by atoms with van der Waals surface area (Å²) in [5, 5.41) is 31.7. The second-order valence-electron chi connectivity index (χ2n) is 3.34. The molecule has 1 heterocycles. The van der Waals surface area contributed by atoms with E-state index in [-0.39, 0.29) is 17.1 Å². The van der Waals surface area contributed by atoms with Crippen molar-refractivity contribution in [2.75, 3.05) is 7.11 Å². The largest absolute Gasteiger partial charge is 0.504 e. The van der Waals surface area contributed by atoms with E-state index in [2.05, 4.69) is 20.6 Å². The van der Waals surface area contributed by atoms with Gasteiger partial charge in [0.05, 0.1) is 7.11 Å². The van der Waals surface area contributed by atoms with Gasteiger partial charge in [0.15, 0.2) is 11.5 Å². The van der Waals surface area contributed by atoms with Gasteiger partial charge in [-0.05, 0) is 29.0 Å². The third-order valence-electron chi connectivity index (χ3n) is 2.22. The molecule has 0 fully saturated rings. The quantitative estimate of drug-likeness (QED) is 0.778. The molecule has 0 amide bonds. The number of H-pyrrole nitrogens is 1. The summed E-state index contributed by atoms with van der Waals surface area (Å²) in [5.41, 5.74) is 0.878. The standard InChI is InChI=1S/C11H9N5O2/c1-18-10-3-2-7(5-9(10)17)4-8(6-12)11-13-15-16-14-11/h2-5,17H,1H3,(H,13,14,15,16)/b8-4+. The van der Waals surface area contributed by atoms with Crippen molar-refractivity contribution in [3.05, 3.63) is 29.6 Å². The maximum absolute atomic E-state index is 9.62. The van der Waals surface area contributed by atoms with Gasteiger partial charge >= 0.3 is 0 Å². The minimum atomic E-state index is -0.00310. The molecule has 0 unspecified atom stereocenters. The fraction of sp³-hybridized carbons (Fsp3) is 0.0909. The Labute approximate surface area is 102 Å². The molecule has 0 bridgehead atoms. The van der Waals surface area contributed by atoms with Crippen LogP contribution in [0.1, 0.15) is 11.4 Å². The number of aromatic nitrogens is 4. The molecule has 0 aliphatic heterocycles. The number of hydrogen-bond acceptors (Lipinski definition) is 6. The molecule has 0 aliphatic carbocycles. The van der Waals surface area contributed by atoms with Crippen molar-refractivity contribution in [2.24, 2.45) is 0 Å². The van der Waals surface area contributed by atoms with Gasteiger partial charge in [0.25, 0.3) is 0 Å². The number of aromatic amines is 1. The molecule has 90 valence electrons. The summed E-state index contributed by atoms with van der Waals surface area (Å²) >= 11 is 0. The minimum Gasteiger partial charge on any atom is -0.504 e. The molecule has 18 heavy (non-hydrogen) atoms. The summed E-state index contributed by atoms with van der Waals surface area (Å²) in [5.74, 6) is 0.565. The van der Waals surface area contributed by atoms with E-state index in [1.807, 2.05) is 6.07 Å². The van der Waals surface area contributed by atoms with E-state index in [1.54, 1.807) is 18.2 Å². The van der Waals surface area contributed by atoms with Gasteiger partial charge in [0.2, 0.25) is 5.82 Å². The number of allylic oxidation sites excluding steroid dienone is 1. The zero-order valence-corrected chi connectivity index (χ0v) is 9.45. The molecule has 1 aromatic heterocycles. The van der Waals surface area contributed by atoms with Crippen molar-refractivity contribution in [1.82, 2.24) is 20.6 Å². The third kappa shape index (κ3) is 2.27. The fourth-order valence-corrected chi connectivity index (χ4v) is 1.39. The Bertz CT molecular complexity index is 613. The van der Waals surface area contributed by atoms with Crippen LogP contribution in [0, 0.1) is 11.3 Å². The van der Waals surface area contributed by atoms with Crippen molar-refractivity contribution in [3.63, 3.8) is 0 Å². The van der Waals surface area contributed by atoms with E-state index in [1.165, 1.54) is 13.2 Å². The predicted molar refractivity (Wildman–Crippen MR) is 62.3 cm³/mol. The first-order valence-electron chi connectivity index (χ1n) is 4.97. The number of rotatable bonds is 3. The average Bonchev–Trinajstić information content (AvgIpc) is 2.90. The van der Waals surface area contributed by atoms with Gasteiger partial charge in [-0.3, -0.25) is 0 Å². The van der Waals surface area contributed by atoms with E-state index in [4.69, 9.17) is 10.00 Å². The summed E-state index contributed by atoms with van der Waals surface area (Å²) < 4.78 is 4.93. The Morgan fingerprint density at radius 3 is 2.94 bits per heavy atom. The van der Waals surface area contributed by atoms with Gasteiger partial charge in [-0.1, -0.05) is 6.07 Å². The molecule has 2 N–H and O–H groups in total. The van der Waals surface area contributed by atoms with Crippen LogP contribution in [0.25, 0.3) is 11.6 Å². The second-order valence-corrected chi connectivity index (χ2v) is 3.34. The van der Waals surface area contributed by atoms with Gasteiger partial charge in [0, 0.05) is 0 Å². The maximum Gasteiger partial charge on any atom is 0.215 e. The Kier molecular flexibility index (Phi) is 3.20. The monoisotopic (exact) mass is 243 g/mol. The molecule has 7 heteroatoms. The lowest BCUT2D eigenvalue weighted by Gasteiger charge is -2.03. The van der Waals surface area contributed by atoms with Crippen LogP contribution in [0.15, 0.2) is 18.2 Å². The van der Waals surface area contributed by atoms with Crippen LogP contribution in [0.2, 0.25) is 0 Å². The molecular weight excluding hydrogens is 234 g/mol. The number of nitriles is 1. The SMILES string of the molecule is COc1ccc(/C=C(\C#N)c2nn[nH]n2)cc1O. The Morgan fingerprint density at radius 2 is 2.39 bits per heavy atom. The number of methoxy groups -OCH3 is 1. The summed E-state index contributed by atoms with van der Waals surface area (Å²) in [4.78, 5) is 0. The highest BCUT2D eigenvalue weighted by molar-refractivity contribution is 5.87. The number of phenols is 1. The lowest BCUT2D eigenvalue weighted by Crippen LogP contribution is -1.87. The summed E-state index contributed by atoms with van der Waals surface area (Å²) in [6, 6.07) is 6.75. The van der Waals surface area contributed by atoms with E-state index in [9.17, 15) is 5.11 Å². The summed E-state index contributed by atoms with van der Waals surface area (Å²) in [6.07, 6.45) is 1.55. The summed E-state index contributed by atoms with van der Waals surface area (Å²) in [6.45, 7) is 0. The van der Waals surface area contributed by atoms with Gasteiger partial charge in [-0.2, -0.15) is 10.5 Å². The van der Waals surface area contributed by atoms with Crippen molar-refractivity contribution < 1.29 is 9.84 Å². The predicted octanol–water partition coefficient (Wildman–Crippen LogP) is 0.978. The number of hydrogen-bond donors (Lipinski definition) is 2. The van der Waals surface area contributed by atoms with Crippen molar-refractivity contribution in [2.45, 2.75) is 0 Å². The highest BCUT2D eigenvalue weighted by Gasteiger charge is 2.07. The van der Waals surface area contributed by atoms with Crippen LogP contribution in [-0.2, 0) is 0 Å². The number of benzene rings is 1. The zero-order valence-electron chi connectivity index (χ0n) is 9.45. The Hall–Kier alpha value is -2.88. The average molecular weight is 243 g/mol. The number of ether oxygens (including phenoxy) is 1. The van der Waals surface area contributed by atoms with Crippen LogP contribution in [0.5, 0.6) is 11.5 Å². The van der Waals surface area contributed by atoms with Crippen LogP contribution in [-0.4, -0.2) is 32.8 Å². The van der Waals surface area contributed by atoms with Gasteiger partial charge in [-0.25, -0.2) is 0 Å². The topological polar surface area (TPSA) is 108 Å². The zero-order chi connectivity index (χ0) is 13.0. The van der Waals surface area contributed by atoms with E-state index < -0.39 is 0 Å². The number of nitrogens with zero attached hydrogens (tertiary/aromatic N) is 4. The number of tetrazole rings is 1. The normalized spacial score (nSPS) is 11.0. The van der Waals surface area contributed by atoms with Gasteiger partial charge in [0.1, 0.15) is 11.6 Å². The van der Waals surface area contributed by atoms with Gasteiger partial charge in [-0.15, -0.1) is 10.2 Å². The molecule has 0 atom stereocenters. The molecule has 2 aromatic rings. The Balaban J connectivity index is 2.38. The number of nitrogens with one attached hydrogen (secondary N) is 1. The number of aromatic hydroxyl groups is 1. The van der Waals surface area contributed by atoms with Crippen molar-refractivity contribution in [3.8, 4) is 17.6 Å². The Morgan fingerprint density at radius 1 is 1.56 bits per heavy atom. The van der Waals surface area contributed by atoms with Crippen LogP contribution >= 0.6 is 0 Å². The van der Waals surface area contributed by atoms with Gasteiger partial charge < -0.3 is 9.84 Å². The molecule has 0 saturated heterocycles. The molecule has 7 nitrogen and oxygen atoms in total. The smallest absolute Gasteiger partial charge is 0.215 e. The highest BCUT2D eigenvalue weighted by Crippen LogP contribution is 2.27. The molecule has 0 radical (unpaired) electrons. The minimum absolute atomic E-state index is 0.00310. The first-order valence-corrected chi connectivity index (χ1v) is 4.97. The maximum atomic E-state index is 9.62. The third-order valence-corrected chi connectivity index (χ3v) is 2.22. The number of phenolic OH excluding ortho intramolecular Hbond substituents is 1. The van der Waals surface area contributed by atoms with E-state index in [0.717, 1.165) is 0 Å². The lowest BCUT2D eigenvalue weighted by molar-refractivity contribution is 0.373. The van der Waals surface area contributed by atoms with Crippen LogP contribution in [0.3, 0.4) is 0 Å². The highest BCUT2D eigenvalue weighted by atomic mass is 16.5. The molecule has 1 aromatic carbocycles. The molecular formula is C11H9N5O2. The molecule has 0 spiro atoms. The van der Waals surface area contributed by atoms with Crippen molar-refractivity contribution in [1.29, 1.82) is 5.26 Å². The van der Waals surface area contributed by atoms with E-state index >= 15 is 0 Å². The van der Waals surface area contributed by atoms with Crippen molar-refractivity contribution >= 4 is 11.6 Å². The van der Waals surface area contributed by atoms with E-state index in [0.29, 0.717) is 11.3 Å². The van der Waals surface area contributed by atoms with Crippen LogP contribution in [0.4, 0.5) is 0 Å². The molecule has 0 saturated carbocycles. The van der Waals surface area contributed by atoms with Crippen LogP contribution < -0.4 is 4.74 Å². The molecule has 0 aliphatic rings. The molecule has 2 rings (SSSR count). The second kappa shape index (κ2) is 4.97. The first kappa shape index (κ1) is 11.6. The summed E-state index contributed by atoms with van der Waals surface area (Å²) in [7, 11) is 1.46. The lowest BCUT2D eigenvalue weighted by atomic mass is 10.1. The fourth-order valence-electron chi connectivity index (χ4n) is 1.39. The first-order chi connectivity index (χ1) is 8.74.